The molecule has 4 aromatic heterocycles. The highest BCUT2D eigenvalue weighted by molar-refractivity contribution is 6.16. The Bertz CT molecular complexity index is 2980. The molecule has 5 heterocycles. The fourth-order valence-electron chi connectivity index (χ4n) is 9.30. The average molecular weight is 681 g/mol. The van der Waals surface area contributed by atoms with Gasteiger partial charge in [-0.1, -0.05) is 111 Å². The zero-order valence-electron chi connectivity index (χ0n) is 29.7. The molecule has 2 aliphatic rings. The lowest BCUT2D eigenvalue weighted by Gasteiger charge is -2.34. The Morgan fingerprint density at radius 2 is 1.36 bits per heavy atom. The summed E-state index contributed by atoms with van der Waals surface area (Å²) in [7, 11) is 0. The molecule has 0 fully saturated rings. The fourth-order valence-corrected chi connectivity index (χ4v) is 9.30. The second kappa shape index (κ2) is 11.2. The molecular formula is C49H36N4. The van der Waals surface area contributed by atoms with E-state index in [4.69, 9.17) is 9.97 Å². The minimum atomic E-state index is -0.274. The molecule has 11 rings (SSSR count). The van der Waals surface area contributed by atoms with Crippen molar-refractivity contribution in [1.82, 2.24) is 19.1 Å². The van der Waals surface area contributed by atoms with Crippen LogP contribution in [0, 0.1) is 0 Å². The Labute approximate surface area is 308 Å². The van der Waals surface area contributed by atoms with Gasteiger partial charge in [0.25, 0.3) is 0 Å². The van der Waals surface area contributed by atoms with Crippen LogP contribution in [0.25, 0.3) is 66.0 Å². The molecule has 9 aromatic rings. The Morgan fingerprint density at radius 3 is 2.17 bits per heavy atom. The number of hydrogen-bond acceptors (Lipinski definition) is 2. The van der Waals surface area contributed by atoms with Gasteiger partial charge >= 0.3 is 0 Å². The summed E-state index contributed by atoms with van der Waals surface area (Å²) in [6.45, 7) is 4.82. The molecule has 1 unspecified atom stereocenters. The van der Waals surface area contributed by atoms with Crippen LogP contribution in [0.2, 0.25) is 0 Å². The van der Waals surface area contributed by atoms with Gasteiger partial charge in [-0.25, -0.2) is 0 Å². The number of hydrogen-bond donors (Lipinski definition) is 0. The number of allylic oxidation sites excluding steroid dienone is 4. The normalized spacial score (nSPS) is 16.2. The maximum Gasteiger partial charge on any atom is 0.0763 e. The lowest BCUT2D eigenvalue weighted by molar-refractivity contribution is 0.596. The van der Waals surface area contributed by atoms with Crippen molar-refractivity contribution < 1.29 is 0 Å². The van der Waals surface area contributed by atoms with Crippen molar-refractivity contribution in [1.29, 1.82) is 0 Å². The minimum absolute atomic E-state index is 0.170. The van der Waals surface area contributed by atoms with E-state index in [1.165, 1.54) is 77.2 Å². The Morgan fingerprint density at radius 1 is 0.604 bits per heavy atom. The molecule has 4 heteroatoms. The van der Waals surface area contributed by atoms with E-state index in [0.717, 1.165) is 23.4 Å². The predicted molar refractivity (Wildman–Crippen MR) is 219 cm³/mol. The quantitative estimate of drug-likeness (QED) is 0.185. The zero-order chi connectivity index (χ0) is 35.3. The summed E-state index contributed by atoms with van der Waals surface area (Å²) < 4.78 is 5.13. The molecule has 0 N–H and O–H groups in total. The Kier molecular flexibility index (Phi) is 6.39. The highest BCUT2D eigenvalue weighted by atomic mass is 15.1. The second-order valence-electron chi connectivity index (χ2n) is 15.0. The van der Waals surface area contributed by atoms with E-state index in [1.807, 2.05) is 24.5 Å². The summed E-state index contributed by atoms with van der Waals surface area (Å²) in [6.07, 6.45) is 9.31. The third-order valence-corrected chi connectivity index (χ3v) is 11.7. The zero-order valence-corrected chi connectivity index (χ0v) is 29.7. The molecule has 1 aliphatic carbocycles. The number of rotatable bonds is 4. The van der Waals surface area contributed by atoms with Gasteiger partial charge < -0.3 is 9.13 Å². The van der Waals surface area contributed by atoms with Crippen LogP contribution in [-0.2, 0) is 5.41 Å². The van der Waals surface area contributed by atoms with Crippen molar-refractivity contribution in [2.24, 2.45) is 0 Å². The molecular weight excluding hydrogens is 645 g/mol. The molecule has 1 atom stereocenters. The molecule has 0 saturated carbocycles. The smallest absolute Gasteiger partial charge is 0.0763 e. The van der Waals surface area contributed by atoms with Crippen LogP contribution >= 0.6 is 0 Å². The van der Waals surface area contributed by atoms with Crippen molar-refractivity contribution >= 4 is 54.6 Å². The van der Waals surface area contributed by atoms with E-state index in [0.29, 0.717) is 0 Å². The summed E-state index contributed by atoms with van der Waals surface area (Å²) >= 11 is 0. The molecule has 0 bridgehead atoms. The van der Waals surface area contributed by atoms with Gasteiger partial charge in [0.2, 0.25) is 0 Å². The molecule has 0 radical (unpaired) electrons. The van der Waals surface area contributed by atoms with Gasteiger partial charge in [0.1, 0.15) is 0 Å². The van der Waals surface area contributed by atoms with Gasteiger partial charge in [-0.15, -0.1) is 0 Å². The first-order valence-corrected chi connectivity index (χ1v) is 18.5. The number of para-hydroxylation sites is 2. The topological polar surface area (TPSA) is 35.6 Å². The van der Waals surface area contributed by atoms with Gasteiger partial charge in [0.05, 0.1) is 39.3 Å². The van der Waals surface area contributed by atoms with Gasteiger partial charge in [0.15, 0.2) is 0 Å². The highest BCUT2D eigenvalue weighted by Gasteiger charge is 2.40. The van der Waals surface area contributed by atoms with Crippen molar-refractivity contribution in [3.05, 3.63) is 192 Å². The number of fused-ring (bicyclic) bond motifs is 9. The van der Waals surface area contributed by atoms with Gasteiger partial charge in [0, 0.05) is 51.0 Å². The number of nitrogens with zero attached hydrogens (tertiary/aromatic N) is 4. The summed E-state index contributed by atoms with van der Waals surface area (Å²) in [5.74, 6) is 0.170. The van der Waals surface area contributed by atoms with Crippen LogP contribution < -0.4 is 0 Å². The van der Waals surface area contributed by atoms with Crippen LogP contribution in [0.4, 0.5) is 0 Å². The number of aromatic nitrogens is 4. The molecule has 0 spiro atoms. The second-order valence-corrected chi connectivity index (χ2v) is 15.0. The van der Waals surface area contributed by atoms with Gasteiger partial charge in [-0.05, 0) is 88.7 Å². The third-order valence-electron chi connectivity index (χ3n) is 11.7. The first-order valence-electron chi connectivity index (χ1n) is 18.5. The maximum absolute atomic E-state index is 4.76. The highest BCUT2D eigenvalue weighted by Crippen LogP contribution is 2.52. The SMILES string of the molecule is CC1(C)c2cccc3c4cc(C5C=C(c6ccccn6)C=C(c6ccccn6)C5)ccc4n(c23)-c2c1n(-c1ccccc1)c1c2ccc2ccccc21. The van der Waals surface area contributed by atoms with E-state index in [1.54, 1.807) is 0 Å². The largest absolute Gasteiger partial charge is 0.310 e. The van der Waals surface area contributed by atoms with Crippen LogP contribution in [0.15, 0.2) is 164 Å². The molecule has 4 nitrogen and oxygen atoms in total. The number of pyridine rings is 2. The summed E-state index contributed by atoms with van der Waals surface area (Å²) in [6, 6.07) is 50.8. The van der Waals surface area contributed by atoms with Crippen molar-refractivity contribution in [2.75, 3.05) is 0 Å². The van der Waals surface area contributed by atoms with Crippen LogP contribution in [0.3, 0.4) is 0 Å². The van der Waals surface area contributed by atoms with Gasteiger partial charge in [-0.2, -0.15) is 0 Å². The summed E-state index contributed by atoms with van der Waals surface area (Å²) in [4.78, 5) is 9.51. The number of benzene rings is 5. The van der Waals surface area contributed by atoms with E-state index in [9.17, 15) is 0 Å². The summed E-state index contributed by atoms with van der Waals surface area (Å²) in [5.41, 5.74) is 14.3. The van der Waals surface area contributed by atoms with E-state index >= 15 is 0 Å². The fraction of sp³-hybridized carbons (Fsp3) is 0.102. The van der Waals surface area contributed by atoms with E-state index in [-0.39, 0.29) is 11.3 Å². The molecule has 53 heavy (non-hydrogen) atoms. The Hall–Kier alpha value is -6.52. The minimum Gasteiger partial charge on any atom is -0.310 e. The van der Waals surface area contributed by atoms with Crippen LogP contribution in [-0.4, -0.2) is 19.1 Å². The predicted octanol–water partition coefficient (Wildman–Crippen LogP) is 12.0. The van der Waals surface area contributed by atoms with Crippen molar-refractivity contribution in [3.63, 3.8) is 0 Å². The molecule has 252 valence electrons. The molecule has 0 saturated heterocycles. The first-order chi connectivity index (χ1) is 26.1. The third kappa shape index (κ3) is 4.36. The van der Waals surface area contributed by atoms with Crippen LogP contribution in [0.5, 0.6) is 0 Å². The maximum atomic E-state index is 4.76. The standard InChI is InChI=1S/C49H36N4/c1-49(2)41-18-12-17-38-40-30-32(33-27-34(42-19-8-10-25-50-42)29-35(28-33)43-20-9-11-26-51-43)22-24-44(40)53(46(38)41)47-39-23-21-31-13-6-7-16-37(31)45(39)52(48(47)49)36-14-4-3-5-15-36/h3-27,29-30,33H,28H2,1-2H3. The van der Waals surface area contributed by atoms with Crippen molar-refractivity contribution in [3.8, 4) is 11.4 Å². The average Bonchev–Trinajstić information content (AvgIpc) is 3.75. The molecule has 0 amide bonds. The van der Waals surface area contributed by atoms with Crippen molar-refractivity contribution in [2.45, 2.75) is 31.6 Å². The molecule has 5 aromatic carbocycles. The van der Waals surface area contributed by atoms with E-state index < -0.39 is 0 Å². The summed E-state index contributed by atoms with van der Waals surface area (Å²) in [5, 5.41) is 6.37. The molecule has 1 aliphatic heterocycles. The monoisotopic (exact) mass is 680 g/mol. The van der Waals surface area contributed by atoms with E-state index in [2.05, 4.69) is 163 Å². The van der Waals surface area contributed by atoms with Gasteiger partial charge in [-0.3, -0.25) is 9.97 Å². The Balaban J connectivity index is 1.18. The first kappa shape index (κ1) is 30.1. The lowest BCUT2D eigenvalue weighted by Crippen LogP contribution is -2.28. The lowest BCUT2D eigenvalue weighted by atomic mass is 9.77. The van der Waals surface area contributed by atoms with Crippen LogP contribution in [0.1, 0.15) is 54.4 Å².